The lowest BCUT2D eigenvalue weighted by atomic mass is 9.90. The summed E-state index contributed by atoms with van der Waals surface area (Å²) in [5.41, 5.74) is 0.839. The number of hydrogen-bond donors (Lipinski definition) is 4. The number of esters is 1. The van der Waals surface area contributed by atoms with E-state index in [-0.39, 0.29) is 56.5 Å². The van der Waals surface area contributed by atoms with Gasteiger partial charge in [0.15, 0.2) is 0 Å². The summed E-state index contributed by atoms with van der Waals surface area (Å²) in [5, 5.41) is 10.6. The van der Waals surface area contributed by atoms with E-state index in [1.165, 1.54) is 50.2 Å². The molecule has 21 heteroatoms. The zero-order valence-electron chi connectivity index (χ0n) is 44.2. The van der Waals surface area contributed by atoms with Crippen LogP contribution < -0.4 is 21.3 Å². The third-order valence-electron chi connectivity index (χ3n) is 13.2. The lowest BCUT2D eigenvalue weighted by Gasteiger charge is -2.39. The summed E-state index contributed by atoms with van der Waals surface area (Å²) >= 11 is 0. The molecule has 402 valence electrons. The normalized spacial score (nSPS) is 16.1. The first-order valence-electron chi connectivity index (χ1n) is 24.5. The molecule has 1 aromatic rings. The van der Waals surface area contributed by atoms with Crippen molar-refractivity contribution in [3.8, 4) is 12.3 Å². The Morgan fingerprint density at radius 1 is 0.819 bits per heavy atom. The highest BCUT2D eigenvalue weighted by molar-refractivity contribution is 5.94. The molecule has 0 spiro atoms. The van der Waals surface area contributed by atoms with Crippen LogP contribution >= 0.6 is 0 Å². The standard InChI is InChI=1S/C51H80N8O13/c1-13-34(5)47(39(70-10)30-43(63)59-25-18-21-38(59)48(71-11)35(6)49(66)55-37(51(68)72-12)29-36-19-16-15-17-20-36)57(8)45(65)32-54-50(67)46(33(3)4)56(7)44(64)31-53-41(61)23-27-58(42(62)14-2)26-22-40(60)52-24-28-69-9/h2,15-17,19-20,33-35,37-39,46-48H,13,18,21-32H2,1,3-12H3,(H,52,60)(H,53,61)(H,54,67)(H,55,66)/t34-,35+,37-,38-,39+,46?,47-,48+/m0/s1. The molecule has 0 radical (unpaired) electrons. The van der Waals surface area contributed by atoms with Crippen LogP contribution in [0.15, 0.2) is 30.3 Å². The second-order valence-electron chi connectivity index (χ2n) is 18.4. The summed E-state index contributed by atoms with van der Waals surface area (Å²) in [5.74, 6) is -3.86. The molecule has 1 heterocycles. The molecular formula is C51H80N8O13. The van der Waals surface area contributed by atoms with E-state index in [1.807, 2.05) is 50.1 Å². The first kappa shape index (κ1) is 62.0. The second-order valence-corrected chi connectivity index (χ2v) is 18.4. The first-order chi connectivity index (χ1) is 34.2. The number of likely N-dealkylation sites (N-methyl/N-ethyl adjacent to an activating group) is 2. The van der Waals surface area contributed by atoms with Gasteiger partial charge in [-0.15, -0.1) is 6.42 Å². The Labute approximate surface area is 425 Å². The third-order valence-corrected chi connectivity index (χ3v) is 13.2. The number of rotatable bonds is 31. The van der Waals surface area contributed by atoms with E-state index >= 15 is 0 Å². The third kappa shape index (κ3) is 19.1. The van der Waals surface area contributed by atoms with E-state index in [1.54, 1.807) is 32.7 Å². The number of likely N-dealkylation sites (tertiary alicyclic amines) is 1. The van der Waals surface area contributed by atoms with Crippen molar-refractivity contribution in [2.75, 3.05) is 88.4 Å². The van der Waals surface area contributed by atoms with Crippen LogP contribution in [0.3, 0.4) is 0 Å². The summed E-state index contributed by atoms with van der Waals surface area (Å²) in [6.45, 7) is 9.07. The second kappa shape index (κ2) is 32.1. The van der Waals surface area contributed by atoms with Crippen molar-refractivity contribution in [3.05, 3.63) is 35.9 Å². The lowest BCUT2D eigenvalue weighted by molar-refractivity contribution is -0.148. The summed E-state index contributed by atoms with van der Waals surface area (Å²) < 4.78 is 21.8. The SMILES string of the molecule is C#CC(=O)N(CCC(=O)NCCOC)CCC(=O)NCC(=O)N(C)C(C(=O)NCC(=O)N(C)[C@@H]([C@@H](C)CC)[C@@H](CC(=O)N1CCC[C@H]1[C@H](OC)[C@@H](C)C(=O)N[C@@H](Cc1ccccc1)C(=O)OC)OC)C(C)C. The Bertz CT molecular complexity index is 2000. The minimum absolute atomic E-state index is 0.0244. The van der Waals surface area contributed by atoms with Crippen molar-refractivity contribution in [1.29, 1.82) is 0 Å². The van der Waals surface area contributed by atoms with E-state index in [4.69, 9.17) is 25.4 Å². The molecule has 1 saturated heterocycles. The van der Waals surface area contributed by atoms with Crippen LogP contribution in [-0.2, 0) is 68.5 Å². The molecule has 4 N–H and O–H groups in total. The van der Waals surface area contributed by atoms with Gasteiger partial charge in [-0.05, 0) is 36.2 Å². The number of nitrogens with zero attached hydrogens (tertiary/aromatic N) is 4. The number of ether oxygens (including phenoxy) is 4. The van der Waals surface area contributed by atoms with Gasteiger partial charge < -0.3 is 59.8 Å². The maximum absolute atomic E-state index is 14.3. The van der Waals surface area contributed by atoms with Gasteiger partial charge in [-0.25, -0.2) is 4.79 Å². The quantitative estimate of drug-likeness (QED) is 0.0451. The van der Waals surface area contributed by atoms with Crippen molar-refractivity contribution in [1.82, 2.24) is 40.9 Å². The van der Waals surface area contributed by atoms with Gasteiger partial charge in [0.1, 0.15) is 12.1 Å². The fourth-order valence-corrected chi connectivity index (χ4v) is 8.93. The van der Waals surface area contributed by atoms with Gasteiger partial charge in [0, 0.05) is 80.9 Å². The Balaban J connectivity index is 2.09. The summed E-state index contributed by atoms with van der Waals surface area (Å²) in [7, 11) is 8.71. The van der Waals surface area contributed by atoms with Crippen LogP contribution in [0.1, 0.15) is 78.7 Å². The fraction of sp³-hybridized carbons (Fsp3) is 0.667. The molecule has 0 saturated carbocycles. The van der Waals surface area contributed by atoms with E-state index < -0.39 is 103 Å². The van der Waals surface area contributed by atoms with Gasteiger partial charge in [0.25, 0.3) is 5.91 Å². The van der Waals surface area contributed by atoms with Crippen LogP contribution in [0.5, 0.6) is 0 Å². The number of carbonyl (C=O) groups excluding carboxylic acids is 9. The Morgan fingerprint density at radius 2 is 1.43 bits per heavy atom. The molecule has 72 heavy (non-hydrogen) atoms. The lowest BCUT2D eigenvalue weighted by Crippen LogP contribution is -2.56. The molecule has 8 amide bonds. The maximum Gasteiger partial charge on any atom is 0.328 e. The average Bonchev–Trinajstić information content (AvgIpc) is 3.86. The predicted molar refractivity (Wildman–Crippen MR) is 267 cm³/mol. The first-order valence-corrected chi connectivity index (χ1v) is 24.5. The monoisotopic (exact) mass is 1010 g/mol. The van der Waals surface area contributed by atoms with E-state index in [2.05, 4.69) is 21.3 Å². The average molecular weight is 1010 g/mol. The molecule has 1 fully saturated rings. The van der Waals surface area contributed by atoms with Crippen LogP contribution in [0.25, 0.3) is 0 Å². The van der Waals surface area contributed by atoms with Crippen LogP contribution in [0.2, 0.25) is 0 Å². The minimum atomic E-state index is -1.03. The molecule has 2 rings (SSSR count). The smallest absolute Gasteiger partial charge is 0.328 e. The molecule has 0 aliphatic carbocycles. The van der Waals surface area contributed by atoms with Crippen molar-refractivity contribution in [3.63, 3.8) is 0 Å². The van der Waals surface area contributed by atoms with Gasteiger partial charge in [-0.3, -0.25) is 38.4 Å². The molecule has 1 aromatic carbocycles. The molecule has 0 aromatic heterocycles. The zero-order chi connectivity index (χ0) is 54.1. The van der Waals surface area contributed by atoms with Crippen LogP contribution in [0.4, 0.5) is 0 Å². The summed E-state index contributed by atoms with van der Waals surface area (Å²) in [6.07, 6.45) is 5.53. The molecule has 0 bridgehead atoms. The predicted octanol–water partition coefficient (Wildman–Crippen LogP) is 0.527. The summed E-state index contributed by atoms with van der Waals surface area (Å²) in [4.78, 5) is 124. The molecule has 21 nitrogen and oxygen atoms in total. The molecule has 1 unspecified atom stereocenters. The fourth-order valence-electron chi connectivity index (χ4n) is 8.93. The zero-order valence-corrected chi connectivity index (χ0v) is 44.2. The maximum atomic E-state index is 14.3. The van der Waals surface area contributed by atoms with E-state index in [0.717, 1.165) is 5.56 Å². The number of terminal acetylenes is 1. The van der Waals surface area contributed by atoms with Crippen molar-refractivity contribution in [2.24, 2.45) is 17.8 Å². The molecule has 8 atom stereocenters. The Kier molecular flexibility index (Phi) is 27.6. The van der Waals surface area contributed by atoms with Crippen molar-refractivity contribution in [2.45, 2.75) is 116 Å². The van der Waals surface area contributed by atoms with Crippen molar-refractivity contribution >= 4 is 53.2 Å². The number of hydrogen-bond acceptors (Lipinski definition) is 13. The van der Waals surface area contributed by atoms with Crippen LogP contribution in [0, 0.1) is 30.1 Å². The molecule has 1 aliphatic heterocycles. The Hall–Kier alpha value is -6.11. The largest absolute Gasteiger partial charge is 0.467 e. The number of methoxy groups -OCH3 is 4. The van der Waals surface area contributed by atoms with Gasteiger partial charge in [0.05, 0.1) is 63.4 Å². The van der Waals surface area contributed by atoms with Gasteiger partial charge in [-0.1, -0.05) is 71.4 Å². The van der Waals surface area contributed by atoms with E-state index in [0.29, 0.717) is 39.0 Å². The topological polar surface area (TPSA) is 252 Å². The van der Waals surface area contributed by atoms with Gasteiger partial charge in [-0.2, -0.15) is 0 Å². The van der Waals surface area contributed by atoms with Crippen LogP contribution in [-0.4, -0.2) is 198 Å². The highest BCUT2D eigenvalue weighted by atomic mass is 16.5. The highest BCUT2D eigenvalue weighted by Crippen LogP contribution is 2.29. The van der Waals surface area contributed by atoms with Crippen molar-refractivity contribution < 1.29 is 62.1 Å². The number of benzene rings is 1. The molecule has 1 aliphatic rings. The Morgan fingerprint density at radius 3 is 1.99 bits per heavy atom. The number of amides is 8. The van der Waals surface area contributed by atoms with Gasteiger partial charge in [0.2, 0.25) is 41.4 Å². The molecular weight excluding hydrogens is 933 g/mol. The number of carbonyl (C=O) groups is 9. The van der Waals surface area contributed by atoms with E-state index in [9.17, 15) is 43.2 Å². The van der Waals surface area contributed by atoms with Gasteiger partial charge >= 0.3 is 5.97 Å². The number of nitrogens with one attached hydrogen (secondary N) is 4. The highest BCUT2D eigenvalue weighted by Gasteiger charge is 2.43. The minimum Gasteiger partial charge on any atom is -0.467 e. The summed E-state index contributed by atoms with van der Waals surface area (Å²) in [6, 6.07) is 6.21.